The van der Waals surface area contributed by atoms with Crippen LogP contribution in [0.1, 0.15) is 152 Å². The number of rotatable bonds is 26. The summed E-state index contributed by atoms with van der Waals surface area (Å²) < 4.78 is 22.4. The van der Waals surface area contributed by atoms with E-state index in [0.29, 0.717) is 37.2 Å². The van der Waals surface area contributed by atoms with Crippen molar-refractivity contribution >= 4 is 33.8 Å². The van der Waals surface area contributed by atoms with E-state index in [4.69, 9.17) is 18.3 Å². The van der Waals surface area contributed by atoms with Gasteiger partial charge in [0.1, 0.15) is 22.7 Å². The molecule has 0 unspecified atom stereocenters. The molecule has 5 rings (SSSR count). The van der Waals surface area contributed by atoms with Crippen molar-refractivity contribution in [1.29, 1.82) is 0 Å². The highest BCUT2D eigenvalue weighted by Gasteiger charge is 2.27. The topological polar surface area (TPSA) is 137 Å². The van der Waals surface area contributed by atoms with Crippen LogP contribution in [-0.2, 0) is 9.59 Å². The molecule has 2 amide bonds. The van der Waals surface area contributed by atoms with E-state index < -0.39 is 0 Å². The largest absolute Gasteiger partial charge is 0.493 e. The standard InChI is InChI=1S/C48H66N2O8/c1-35-31-47(53)57-43-33-37(25-27-39(35)43)55-29-19-13-9-5-3-7-11-15-23-45(51)49-41-21-17-18-22-42(41)50-46(52)24-16-12-8-4-6-10-14-20-30-56-38-26-28-40-36(2)32-48(54)58-44(40)34-38/h25-28,31-34,41-42H,3-24,29-30H2,1-2H3,(H,49,51)(H,50,52)/t41-,42-/m0/s1. The third kappa shape index (κ3) is 15.3. The zero-order valence-corrected chi connectivity index (χ0v) is 35.0. The number of nitrogens with one attached hydrogen (secondary N) is 2. The fraction of sp³-hybridized carbons (Fsp3) is 0.583. The third-order valence-corrected chi connectivity index (χ3v) is 11.4. The Kier molecular flexibility index (Phi) is 18.7. The SMILES string of the molecule is Cc1cc(=O)oc2cc(OCCCCCCCCCCC(=O)N[C@H]3CCCC[C@@H]3NC(=O)CCCCCCCCCCOc3ccc4c(C)cc(=O)oc4c3)ccc12. The predicted molar refractivity (Wildman–Crippen MR) is 231 cm³/mol. The van der Waals surface area contributed by atoms with E-state index in [1.54, 1.807) is 12.1 Å². The van der Waals surface area contributed by atoms with Crippen molar-refractivity contribution in [2.24, 2.45) is 0 Å². The average Bonchev–Trinajstić information content (AvgIpc) is 3.19. The molecule has 2 aromatic carbocycles. The maximum Gasteiger partial charge on any atom is 0.336 e. The van der Waals surface area contributed by atoms with Gasteiger partial charge in [-0.25, -0.2) is 9.59 Å². The summed E-state index contributed by atoms with van der Waals surface area (Å²) in [6, 6.07) is 14.4. The molecule has 2 aromatic heterocycles. The predicted octanol–water partition coefficient (Wildman–Crippen LogP) is 10.5. The van der Waals surface area contributed by atoms with Gasteiger partial charge in [0, 0.05) is 60.0 Å². The van der Waals surface area contributed by atoms with Crippen LogP contribution >= 0.6 is 0 Å². The minimum absolute atomic E-state index is 0.0325. The Balaban J connectivity index is 0.813. The molecule has 2 N–H and O–H groups in total. The second-order valence-corrected chi connectivity index (χ2v) is 16.3. The van der Waals surface area contributed by atoms with E-state index in [1.807, 2.05) is 38.1 Å². The van der Waals surface area contributed by atoms with Gasteiger partial charge in [-0.05, 0) is 87.8 Å². The Morgan fingerprint density at radius 2 is 0.897 bits per heavy atom. The maximum atomic E-state index is 12.8. The van der Waals surface area contributed by atoms with Crippen molar-refractivity contribution in [2.75, 3.05) is 13.2 Å². The second kappa shape index (κ2) is 24.4. The Morgan fingerprint density at radius 3 is 1.29 bits per heavy atom. The fourth-order valence-electron chi connectivity index (χ4n) is 8.10. The minimum atomic E-state index is -0.341. The van der Waals surface area contributed by atoms with Crippen LogP contribution < -0.4 is 31.4 Å². The number of carbonyl (C=O) groups is 2. The summed E-state index contributed by atoms with van der Waals surface area (Å²) in [5.41, 5.74) is 2.25. The van der Waals surface area contributed by atoms with Crippen LogP contribution in [-0.4, -0.2) is 37.1 Å². The first-order chi connectivity index (χ1) is 28.2. The van der Waals surface area contributed by atoms with Crippen molar-refractivity contribution in [1.82, 2.24) is 10.6 Å². The van der Waals surface area contributed by atoms with Crippen LogP contribution in [0.25, 0.3) is 21.9 Å². The molecule has 2 heterocycles. The number of benzene rings is 2. The van der Waals surface area contributed by atoms with E-state index in [0.717, 1.165) is 123 Å². The van der Waals surface area contributed by atoms with Crippen molar-refractivity contribution in [3.63, 3.8) is 0 Å². The third-order valence-electron chi connectivity index (χ3n) is 11.4. The highest BCUT2D eigenvalue weighted by Crippen LogP contribution is 2.24. The molecule has 0 bridgehead atoms. The fourth-order valence-corrected chi connectivity index (χ4v) is 8.10. The van der Waals surface area contributed by atoms with Gasteiger partial charge in [0.25, 0.3) is 0 Å². The van der Waals surface area contributed by atoms with Crippen LogP contribution in [0.4, 0.5) is 0 Å². The van der Waals surface area contributed by atoms with Gasteiger partial charge in [0.15, 0.2) is 0 Å². The number of hydrogen-bond donors (Lipinski definition) is 2. The number of aryl methyl sites for hydroxylation is 2. The lowest BCUT2D eigenvalue weighted by molar-refractivity contribution is -0.125. The Morgan fingerprint density at radius 1 is 0.534 bits per heavy atom. The molecule has 1 saturated carbocycles. The van der Waals surface area contributed by atoms with Crippen LogP contribution in [0.2, 0.25) is 0 Å². The lowest BCUT2D eigenvalue weighted by Crippen LogP contribution is -2.53. The molecule has 316 valence electrons. The van der Waals surface area contributed by atoms with Crippen molar-refractivity contribution in [3.8, 4) is 11.5 Å². The van der Waals surface area contributed by atoms with Crippen LogP contribution in [0.5, 0.6) is 11.5 Å². The molecule has 0 spiro atoms. The summed E-state index contributed by atoms with van der Waals surface area (Å²) in [5, 5.41) is 8.36. The molecule has 1 aliphatic carbocycles. The normalized spacial score (nSPS) is 15.4. The van der Waals surface area contributed by atoms with E-state index in [9.17, 15) is 19.2 Å². The summed E-state index contributed by atoms with van der Waals surface area (Å²) in [7, 11) is 0. The minimum Gasteiger partial charge on any atom is -0.493 e. The average molecular weight is 799 g/mol. The number of hydrogen-bond acceptors (Lipinski definition) is 8. The Labute approximate surface area is 343 Å². The van der Waals surface area contributed by atoms with Gasteiger partial charge in [-0.1, -0.05) is 89.9 Å². The molecule has 4 aromatic rings. The van der Waals surface area contributed by atoms with Gasteiger partial charge in [0.05, 0.1) is 13.2 Å². The van der Waals surface area contributed by atoms with Gasteiger partial charge < -0.3 is 28.9 Å². The van der Waals surface area contributed by atoms with Crippen LogP contribution in [0.15, 0.2) is 67.0 Å². The molecule has 0 saturated heterocycles. The van der Waals surface area contributed by atoms with Gasteiger partial charge >= 0.3 is 11.3 Å². The first-order valence-corrected chi connectivity index (χ1v) is 22.2. The summed E-state index contributed by atoms with van der Waals surface area (Å²) in [5.74, 6) is 1.67. The molecular weight excluding hydrogens is 733 g/mol. The number of ether oxygens (including phenoxy) is 2. The first-order valence-electron chi connectivity index (χ1n) is 22.2. The van der Waals surface area contributed by atoms with Crippen LogP contribution in [0.3, 0.4) is 0 Å². The molecule has 0 radical (unpaired) electrons. The molecule has 10 nitrogen and oxygen atoms in total. The molecule has 0 aliphatic heterocycles. The smallest absolute Gasteiger partial charge is 0.336 e. The molecular formula is C48H66N2O8. The molecule has 2 atom stereocenters. The second-order valence-electron chi connectivity index (χ2n) is 16.3. The number of fused-ring (bicyclic) bond motifs is 2. The van der Waals surface area contributed by atoms with Gasteiger partial charge in [0.2, 0.25) is 11.8 Å². The monoisotopic (exact) mass is 798 g/mol. The summed E-state index contributed by atoms with van der Waals surface area (Å²) in [6.45, 7) is 5.09. The highest BCUT2D eigenvalue weighted by molar-refractivity contribution is 5.82. The van der Waals surface area contributed by atoms with E-state index >= 15 is 0 Å². The van der Waals surface area contributed by atoms with Crippen molar-refractivity contribution in [2.45, 2.75) is 167 Å². The Bertz CT molecular complexity index is 1860. The van der Waals surface area contributed by atoms with Crippen molar-refractivity contribution < 1.29 is 27.9 Å². The summed E-state index contributed by atoms with van der Waals surface area (Å²) in [4.78, 5) is 48.9. The van der Waals surface area contributed by atoms with Crippen molar-refractivity contribution in [3.05, 3.63) is 80.5 Å². The van der Waals surface area contributed by atoms with Gasteiger partial charge in [-0.3, -0.25) is 9.59 Å². The summed E-state index contributed by atoms with van der Waals surface area (Å²) >= 11 is 0. The molecule has 1 fully saturated rings. The van der Waals surface area contributed by atoms with E-state index in [-0.39, 0.29) is 35.1 Å². The van der Waals surface area contributed by atoms with E-state index in [1.165, 1.54) is 50.7 Å². The molecule has 10 heteroatoms. The van der Waals surface area contributed by atoms with Gasteiger partial charge in [-0.2, -0.15) is 0 Å². The molecule has 58 heavy (non-hydrogen) atoms. The maximum absolute atomic E-state index is 12.8. The lowest BCUT2D eigenvalue weighted by atomic mass is 9.90. The number of amides is 2. The van der Waals surface area contributed by atoms with Crippen LogP contribution in [0, 0.1) is 13.8 Å². The highest BCUT2D eigenvalue weighted by atomic mass is 16.5. The first kappa shape index (κ1) is 44.5. The number of carbonyl (C=O) groups excluding carboxylic acids is 2. The quantitative estimate of drug-likeness (QED) is 0.0473. The molecule has 1 aliphatic rings. The zero-order valence-electron chi connectivity index (χ0n) is 35.0. The van der Waals surface area contributed by atoms with Gasteiger partial charge in [-0.15, -0.1) is 0 Å². The Hall–Kier alpha value is -4.60. The lowest BCUT2D eigenvalue weighted by Gasteiger charge is -2.33. The summed E-state index contributed by atoms with van der Waals surface area (Å²) in [6.07, 6.45) is 22.6. The number of unbranched alkanes of at least 4 members (excludes halogenated alkanes) is 14. The van der Waals surface area contributed by atoms with E-state index in [2.05, 4.69) is 10.6 Å². The zero-order chi connectivity index (χ0) is 41.0.